The van der Waals surface area contributed by atoms with Crippen LogP contribution in [0.3, 0.4) is 0 Å². The minimum absolute atomic E-state index is 0.294. The standard InChI is InChI=1S/C37H19N5O3/c38-19-28-13-24-3-9-35(17-26(24)15-30(28)21-40)44-33-7-1-23(2-8-33)37(43)42-32-5-11-34(12-6-32)45-36-10-4-25-14-29(20-39)31(22-41)16-27(25)18-36/h1-18H,(H,42,43). The summed E-state index contributed by atoms with van der Waals surface area (Å²) in [4.78, 5) is 12.9. The van der Waals surface area contributed by atoms with Gasteiger partial charge in [-0.1, -0.05) is 12.1 Å². The lowest BCUT2D eigenvalue weighted by Gasteiger charge is -2.10. The number of anilines is 1. The molecule has 0 saturated carbocycles. The minimum atomic E-state index is -0.294. The van der Waals surface area contributed by atoms with E-state index in [0.717, 1.165) is 21.5 Å². The van der Waals surface area contributed by atoms with Crippen molar-refractivity contribution in [3.8, 4) is 47.3 Å². The van der Waals surface area contributed by atoms with Crippen molar-refractivity contribution in [1.29, 1.82) is 21.0 Å². The summed E-state index contributed by atoms with van der Waals surface area (Å²) in [5.41, 5.74) is 2.29. The lowest BCUT2D eigenvalue weighted by Crippen LogP contribution is -2.11. The molecule has 0 heterocycles. The maximum atomic E-state index is 12.9. The van der Waals surface area contributed by atoms with Gasteiger partial charge in [-0.3, -0.25) is 4.79 Å². The van der Waals surface area contributed by atoms with Gasteiger partial charge >= 0.3 is 0 Å². The molecule has 0 atom stereocenters. The third-order valence-corrected chi connectivity index (χ3v) is 7.08. The van der Waals surface area contributed by atoms with Crippen LogP contribution >= 0.6 is 0 Å². The van der Waals surface area contributed by atoms with Gasteiger partial charge in [0.2, 0.25) is 0 Å². The molecule has 0 aliphatic carbocycles. The summed E-state index contributed by atoms with van der Waals surface area (Å²) in [5, 5.41) is 43.2. The van der Waals surface area contributed by atoms with Crippen molar-refractivity contribution in [2.75, 3.05) is 5.32 Å². The Kier molecular flexibility index (Phi) is 7.47. The van der Waals surface area contributed by atoms with E-state index in [1.54, 1.807) is 97.1 Å². The van der Waals surface area contributed by atoms with E-state index in [9.17, 15) is 25.8 Å². The average molecular weight is 582 g/mol. The molecular weight excluding hydrogens is 562 g/mol. The van der Waals surface area contributed by atoms with Gasteiger partial charge in [-0.25, -0.2) is 0 Å². The maximum Gasteiger partial charge on any atom is 0.255 e. The summed E-state index contributed by atoms with van der Waals surface area (Å²) in [5.74, 6) is 1.92. The van der Waals surface area contributed by atoms with Crippen LogP contribution in [0.15, 0.2) is 109 Å². The maximum absolute atomic E-state index is 12.9. The number of hydrogen-bond acceptors (Lipinski definition) is 7. The third-order valence-electron chi connectivity index (χ3n) is 7.08. The molecule has 45 heavy (non-hydrogen) atoms. The van der Waals surface area contributed by atoms with Crippen LogP contribution in [0.1, 0.15) is 32.6 Å². The van der Waals surface area contributed by atoms with Crippen LogP contribution < -0.4 is 14.8 Å². The molecule has 0 fully saturated rings. The summed E-state index contributed by atoms with van der Waals surface area (Å²) in [6, 6.07) is 39.3. The summed E-state index contributed by atoms with van der Waals surface area (Å²) >= 11 is 0. The highest BCUT2D eigenvalue weighted by Crippen LogP contribution is 2.30. The number of carbonyl (C=O) groups is 1. The molecule has 0 aromatic heterocycles. The number of nitriles is 4. The van der Waals surface area contributed by atoms with Gasteiger partial charge in [0.05, 0.1) is 22.3 Å². The summed E-state index contributed by atoms with van der Waals surface area (Å²) in [7, 11) is 0. The van der Waals surface area contributed by atoms with Crippen LogP contribution in [0.4, 0.5) is 5.69 Å². The monoisotopic (exact) mass is 581 g/mol. The largest absolute Gasteiger partial charge is 0.457 e. The lowest BCUT2D eigenvalue weighted by molar-refractivity contribution is 0.102. The number of amides is 1. The highest BCUT2D eigenvalue weighted by atomic mass is 16.5. The van der Waals surface area contributed by atoms with Gasteiger partial charge in [0, 0.05) is 11.3 Å². The van der Waals surface area contributed by atoms with Gasteiger partial charge < -0.3 is 14.8 Å². The molecule has 0 saturated heterocycles. The van der Waals surface area contributed by atoms with E-state index in [0.29, 0.717) is 56.5 Å². The Morgan fingerprint density at radius 1 is 0.467 bits per heavy atom. The van der Waals surface area contributed by atoms with Crippen molar-refractivity contribution in [3.05, 3.63) is 137 Å². The quantitative estimate of drug-likeness (QED) is 0.208. The second-order valence-electron chi connectivity index (χ2n) is 9.97. The second kappa shape index (κ2) is 12.0. The van der Waals surface area contributed by atoms with Crippen molar-refractivity contribution in [1.82, 2.24) is 0 Å². The highest BCUT2D eigenvalue weighted by Gasteiger charge is 2.10. The molecule has 0 bridgehead atoms. The van der Waals surface area contributed by atoms with E-state index in [1.165, 1.54) is 0 Å². The highest BCUT2D eigenvalue weighted by molar-refractivity contribution is 6.04. The molecule has 0 aliphatic rings. The van der Waals surface area contributed by atoms with E-state index in [2.05, 4.69) is 5.32 Å². The number of benzene rings is 6. The Morgan fingerprint density at radius 2 is 0.844 bits per heavy atom. The van der Waals surface area contributed by atoms with Crippen molar-refractivity contribution in [3.63, 3.8) is 0 Å². The van der Waals surface area contributed by atoms with Crippen LogP contribution in [0, 0.1) is 45.3 Å². The first kappa shape index (κ1) is 28.0. The zero-order chi connectivity index (χ0) is 31.3. The summed E-state index contributed by atoms with van der Waals surface area (Å²) in [6.07, 6.45) is 0. The van der Waals surface area contributed by atoms with Gasteiger partial charge in [-0.2, -0.15) is 21.0 Å². The van der Waals surface area contributed by atoms with Crippen molar-refractivity contribution in [2.45, 2.75) is 0 Å². The smallest absolute Gasteiger partial charge is 0.255 e. The average Bonchev–Trinajstić information content (AvgIpc) is 3.08. The molecule has 6 rings (SSSR count). The van der Waals surface area contributed by atoms with Gasteiger partial charge in [0.25, 0.3) is 5.91 Å². The number of nitrogens with zero attached hydrogens (tertiary/aromatic N) is 4. The van der Waals surface area contributed by atoms with E-state index < -0.39 is 0 Å². The fourth-order valence-corrected chi connectivity index (χ4v) is 4.80. The number of rotatable bonds is 6. The molecule has 0 spiro atoms. The molecule has 6 aromatic carbocycles. The Hall–Kier alpha value is -7.13. The predicted molar refractivity (Wildman–Crippen MR) is 168 cm³/mol. The SMILES string of the molecule is N#Cc1cc2ccc(Oc3ccc(NC(=O)c4ccc(Oc5ccc6cc(C#N)c(C#N)cc6c5)cc4)cc3)cc2cc1C#N. The molecule has 0 aliphatic heterocycles. The van der Waals surface area contributed by atoms with Crippen LogP contribution in [0.5, 0.6) is 23.0 Å². The van der Waals surface area contributed by atoms with Gasteiger partial charge in [0.15, 0.2) is 0 Å². The number of hydrogen-bond donors (Lipinski definition) is 1. The first-order valence-electron chi connectivity index (χ1n) is 13.6. The van der Waals surface area contributed by atoms with Crippen LogP contribution in [-0.4, -0.2) is 5.91 Å². The minimum Gasteiger partial charge on any atom is -0.457 e. The van der Waals surface area contributed by atoms with E-state index in [-0.39, 0.29) is 5.91 Å². The number of carbonyl (C=O) groups excluding carboxylic acids is 1. The van der Waals surface area contributed by atoms with Crippen LogP contribution in [0.2, 0.25) is 0 Å². The number of fused-ring (bicyclic) bond motifs is 2. The Bertz CT molecular complexity index is 2300. The van der Waals surface area contributed by atoms with Gasteiger partial charge in [-0.15, -0.1) is 0 Å². The Labute approximate surface area is 257 Å². The van der Waals surface area contributed by atoms with Crippen molar-refractivity contribution < 1.29 is 14.3 Å². The van der Waals surface area contributed by atoms with Gasteiger partial charge in [-0.05, 0) is 119 Å². The molecule has 8 nitrogen and oxygen atoms in total. The van der Waals surface area contributed by atoms with E-state index in [1.807, 2.05) is 36.4 Å². The van der Waals surface area contributed by atoms with Crippen LogP contribution in [-0.2, 0) is 0 Å². The Morgan fingerprint density at radius 3 is 1.27 bits per heavy atom. The summed E-state index contributed by atoms with van der Waals surface area (Å²) in [6.45, 7) is 0. The Balaban J connectivity index is 1.09. The molecular formula is C37H19N5O3. The fourth-order valence-electron chi connectivity index (χ4n) is 4.80. The topological polar surface area (TPSA) is 143 Å². The molecule has 0 radical (unpaired) electrons. The molecule has 1 N–H and O–H groups in total. The molecule has 210 valence electrons. The normalized spacial score (nSPS) is 10.2. The first-order valence-corrected chi connectivity index (χ1v) is 13.6. The third kappa shape index (κ3) is 5.94. The first-order chi connectivity index (χ1) is 22.0. The molecule has 0 unspecified atom stereocenters. The molecule has 6 aromatic rings. The molecule has 8 heteroatoms. The molecule has 1 amide bonds. The fraction of sp³-hybridized carbons (Fsp3) is 0. The van der Waals surface area contributed by atoms with Crippen molar-refractivity contribution >= 4 is 33.1 Å². The summed E-state index contributed by atoms with van der Waals surface area (Å²) < 4.78 is 11.9. The number of nitrogens with one attached hydrogen (secondary N) is 1. The van der Waals surface area contributed by atoms with E-state index in [4.69, 9.17) is 9.47 Å². The van der Waals surface area contributed by atoms with Crippen molar-refractivity contribution in [2.24, 2.45) is 0 Å². The van der Waals surface area contributed by atoms with Gasteiger partial charge in [0.1, 0.15) is 47.3 Å². The zero-order valence-electron chi connectivity index (χ0n) is 23.4. The van der Waals surface area contributed by atoms with Crippen LogP contribution in [0.25, 0.3) is 21.5 Å². The zero-order valence-corrected chi connectivity index (χ0v) is 23.4. The second-order valence-corrected chi connectivity index (χ2v) is 9.97. The number of ether oxygens (including phenoxy) is 2. The van der Waals surface area contributed by atoms with E-state index >= 15 is 0 Å². The predicted octanol–water partition coefficient (Wildman–Crippen LogP) is 8.32. The lowest BCUT2D eigenvalue weighted by atomic mass is 10.0.